The fourth-order valence-corrected chi connectivity index (χ4v) is 1.15. The van der Waals surface area contributed by atoms with Crippen molar-refractivity contribution in [2.45, 2.75) is 32.9 Å². The third-order valence-corrected chi connectivity index (χ3v) is 1.98. The number of alkyl halides is 1. The summed E-state index contributed by atoms with van der Waals surface area (Å²) in [4.78, 5) is 10.3. The summed E-state index contributed by atoms with van der Waals surface area (Å²) in [5.74, 6) is -1.09. The topological polar surface area (TPSA) is 37.3 Å². The largest absolute Gasteiger partial charge is 0.481 e. The highest BCUT2D eigenvalue weighted by Gasteiger charge is 2.30. The number of carboxylic acid groups (broad SMARTS) is 1. The van der Waals surface area contributed by atoms with Crippen LogP contribution in [0.25, 0.3) is 0 Å². The van der Waals surface area contributed by atoms with Gasteiger partial charge in [0.2, 0.25) is 0 Å². The second-order valence-corrected chi connectivity index (χ2v) is 3.93. The first kappa shape index (κ1) is 12.4. The average Bonchev–Trinajstić information content (AvgIpc) is 1.81. The molecule has 0 aliphatic rings. The van der Waals surface area contributed by atoms with Crippen LogP contribution in [0.4, 0.5) is 4.39 Å². The molecule has 0 fully saturated rings. The van der Waals surface area contributed by atoms with Crippen LogP contribution in [0.15, 0.2) is 11.1 Å². The number of allylic oxidation sites excluding steroid dienone is 2. The summed E-state index contributed by atoms with van der Waals surface area (Å²) >= 11 is 5.63. The molecule has 0 rings (SSSR count). The summed E-state index contributed by atoms with van der Waals surface area (Å²) in [6, 6.07) is 0. The van der Waals surface area contributed by atoms with E-state index in [0.29, 0.717) is 0 Å². The molecule has 2 nitrogen and oxygen atoms in total. The zero-order valence-corrected chi connectivity index (χ0v) is 8.73. The fourth-order valence-electron chi connectivity index (χ4n) is 0.835. The highest BCUT2D eigenvalue weighted by atomic mass is 35.5. The first-order chi connectivity index (χ1) is 5.75. The van der Waals surface area contributed by atoms with Crippen molar-refractivity contribution in [2.75, 3.05) is 0 Å². The normalized spacial score (nSPS) is 17.2. The lowest BCUT2D eigenvalue weighted by Crippen LogP contribution is -2.23. The number of carbonyl (C=O) groups is 1. The molecule has 76 valence electrons. The van der Waals surface area contributed by atoms with Crippen molar-refractivity contribution in [1.29, 1.82) is 0 Å². The maximum atomic E-state index is 13.5. The molecule has 0 spiro atoms. The van der Waals surface area contributed by atoms with Crippen LogP contribution in [0.5, 0.6) is 0 Å². The Morgan fingerprint density at radius 3 is 2.46 bits per heavy atom. The van der Waals surface area contributed by atoms with E-state index in [1.54, 1.807) is 0 Å². The van der Waals surface area contributed by atoms with Crippen molar-refractivity contribution in [2.24, 2.45) is 5.92 Å². The molecule has 0 aromatic carbocycles. The second-order valence-electron chi connectivity index (χ2n) is 3.53. The number of hydrogen-bond donors (Lipinski definition) is 1. The molecule has 0 bridgehead atoms. The van der Waals surface area contributed by atoms with Crippen LogP contribution in [0.3, 0.4) is 0 Å². The Hall–Kier alpha value is -0.570. The van der Waals surface area contributed by atoms with Gasteiger partial charge in [0.25, 0.3) is 0 Å². The molecule has 13 heavy (non-hydrogen) atoms. The third kappa shape index (κ3) is 4.88. The maximum Gasteiger partial charge on any atom is 0.306 e. The minimum Gasteiger partial charge on any atom is -0.481 e. The summed E-state index contributed by atoms with van der Waals surface area (Å²) in [7, 11) is 0. The van der Waals surface area contributed by atoms with Crippen molar-refractivity contribution < 1.29 is 14.3 Å². The van der Waals surface area contributed by atoms with Crippen LogP contribution in [-0.4, -0.2) is 16.7 Å². The number of halogens is 2. The van der Waals surface area contributed by atoms with Gasteiger partial charge in [0.1, 0.15) is 0 Å². The van der Waals surface area contributed by atoms with Crippen molar-refractivity contribution in [1.82, 2.24) is 0 Å². The van der Waals surface area contributed by atoms with Crippen LogP contribution >= 0.6 is 11.6 Å². The molecule has 0 heterocycles. The summed E-state index contributed by atoms with van der Waals surface area (Å²) in [6.07, 6.45) is 0.916. The Balaban J connectivity index is 4.52. The molecule has 0 aromatic heterocycles. The lowest BCUT2D eigenvalue weighted by atomic mass is 10.0. The van der Waals surface area contributed by atoms with Gasteiger partial charge in [0, 0.05) is 0 Å². The molecule has 1 N–H and O–H groups in total. The zero-order valence-electron chi connectivity index (χ0n) is 7.97. The molecule has 0 saturated carbocycles. The van der Waals surface area contributed by atoms with Gasteiger partial charge in [-0.05, 0) is 12.8 Å². The van der Waals surface area contributed by atoms with Gasteiger partial charge in [-0.3, -0.25) is 4.79 Å². The summed E-state index contributed by atoms with van der Waals surface area (Å²) in [5, 5.41) is 8.37. The van der Waals surface area contributed by atoms with E-state index in [2.05, 4.69) is 0 Å². The summed E-state index contributed by atoms with van der Waals surface area (Å²) in [6.45, 7) is 4.86. The number of hydrogen-bond acceptors (Lipinski definition) is 1. The number of rotatable bonds is 4. The Morgan fingerprint density at radius 2 is 2.15 bits per heavy atom. The molecular formula is C9H14ClFO2. The molecule has 0 amide bonds. The van der Waals surface area contributed by atoms with Gasteiger partial charge in [-0.2, -0.15) is 0 Å². The smallest absolute Gasteiger partial charge is 0.306 e. The highest BCUT2D eigenvalue weighted by Crippen LogP contribution is 2.29. The minimum atomic E-state index is -1.96. The van der Waals surface area contributed by atoms with Gasteiger partial charge in [-0.25, -0.2) is 4.39 Å². The van der Waals surface area contributed by atoms with E-state index in [4.69, 9.17) is 16.7 Å². The first-order valence-electron chi connectivity index (χ1n) is 4.04. The van der Waals surface area contributed by atoms with Crippen LogP contribution in [-0.2, 0) is 4.79 Å². The van der Waals surface area contributed by atoms with E-state index in [1.165, 1.54) is 13.0 Å². The maximum absolute atomic E-state index is 13.5. The first-order valence-corrected chi connectivity index (χ1v) is 4.42. The molecule has 0 aliphatic heterocycles. The Labute approximate surface area is 82.4 Å². The zero-order chi connectivity index (χ0) is 10.6. The van der Waals surface area contributed by atoms with E-state index in [9.17, 15) is 9.18 Å². The third-order valence-electron chi connectivity index (χ3n) is 1.46. The lowest BCUT2D eigenvalue weighted by Gasteiger charge is -2.17. The van der Waals surface area contributed by atoms with E-state index < -0.39 is 18.1 Å². The predicted octanol–water partition coefficient (Wildman–Crippen LogP) is 2.97. The van der Waals surface area contributed by atoms with Gasteiger partial charge in [0.05, 0.1) is 11.5 Å². The van der Waals surface area contributed by atoms with Crippen LogP contribution in [0.2, 0.25) is 0 Å². The van der Waals surface area contributed by atoms with Crippen molar-refractivity contribution >= 4 is 17.6 Å². The van der Waals surface area contributed by atoms with Gasteiger partial charge in [0.15, 0.2) is 5.67 Å². The molecule has 1 atom stereocenters. The Kier molecular flexibility index (Phi) is 4.40. The van der Waals surface area contributed by atoms with Crippen LogP contribution in [0, 0.1) is 5.92 Å². The van der Waals surface area contributed by atoms with Crippen LogP contribution < -0.4 is 0 Å². The quantitative estimate of drug-likeness (QED) is 0.771. The molecular weight excluding hydrogens is 195 g/mol. The van der Waals surface area contributed by atoms with Crippen molar-refractivity contribution in [3.05, 3.63) is 11.1 Å². The number of carboxylic acids is 1. The average molecular weight is 209 g/mol. The van der Waals surface area contributed by atoms with Gasteiger partial charge in [-0.1, -0.05) is 31.5 Å². The van der Waals surface area contributed by atoms with Crippen molar-refractivity contribution in [3.8, 4) is 0 Å². The van der Waals surface area contributed by atoms with Gasteiger partial charge in [-0.15, -0.1) is 0 Å². The Bertz CT molecular complexity index is 222. The molecule has 0 aromatic rings. The summed E-state index contributed by atoms with van der Waals surface area (Å²) in [5.41, 5.74) is -1.96. The monoisotopic (exact) mass is 208 g/mol. The lowest BCUT2D eigenvalue weighted by molar-refractivity contribution is -0.139. The predicted molar refractivity (Wildman–Crippen MR) is 50.5 cm³/mol. The summed E-state index contributed by atoms with van der Waals surface area (Å²) < 4.78 is 13.5. The molecule has 0 unspecified atom stereocenters. The molecule has 0 radical (unpaired) electrons. The Morgan fingerprint density at radius 1 is 1.69 bits per heavy atom. The van der Waals surface area contributed by atoms with E-state index in [0.717, 1.165) is 0 Å². The SMILES string of the molecule is CC(C)/C=C(\Cl)[C@](C)(F)CC(=O)O. The molecule has 0 saturated heterocycles. The standard InChI is InChI=1S/C9H14ClFO2/c1-6(2)4-7(10)9(3,11)5-8(12)13/h4,6H,5H2,1-3H3,(H,12,13)/b7-4-/t9-/m1/s1. The van der Waals surface area contributed by atoms with Crippen molar-refractivity contribution in [3.63, 3.8) is 0 Å². The van der Waals surface area contributed by atoms with Gasteiger partial charge < -0.3 is 5.11 Å². The molecule has 0 aliphatic carbocycles. The second kappa shape index (κ2) is 4.61. The van der Waals surface area contributed by atoms with E-state index in [1.807, 2.05) is 13.8 Å². The van der Waals surface area contributed by atoms with E-state index in [-0.39, 0.29) is 11.0 Å². The van der Waals surface area contributed by atoms with Gasteiger partial charge >= 0.3 is 5.97 Å². The number of aliphatic carboxylic acids is 1. The highest BCUT2D eigenvalue weighted by molar-refractivity contribution is 6.30. The van der Waals surface area contributed by atoms with Crippen LogP contribution in [0.1, 0.15) is 27.2 Å². The fraction of sp³-hybridized carbons (Fsp3) is 0.667. The van der Waals surface area contributed by atoms with E-state index >= 15 is 0 Å². The minimum absolute atomic E-state index is 0.0371. The molecule has 4 heteroatoms.